The maximum atomic E-state index is 13.3. The number of benzene rings is 5. The van der Waals surface area contributed by atoms with Gasteiger partial charge in [0.15, 0.2) is 0 Å². The summed E-state index contributed by atoms with van der Waals surface area (Å²) in [7, 11) is 0. The van der Waals surface area contributed by atoms with Crippen molar-refractivity contribution < 1.29 is 4.79 Å². The molecule has 0 aliphatic carbocycles. The number of hydrogen-bond acceptors (Lipinski definition) is 5. The summed E-state index contributed by atoms with van der Waals surface area (Å²) in [5.74, 6) is 0.668. The summed E-state index contributed by atoms with van der Waals surface area (Å²) in [4.78, 5) is 18.0. The fraction of sp³-hybridized carbons (Fsp3) is 0.0938. The van der Waals surface area contributed by atoms with E-state index in [4.69, 9.17) is 0 Å². The topological polar surface area (TPSA) is 71.8 Å². The Kier molecular flexibility index (Phi) is 6.51. The van der Waals surface area contributed by atoms with Crippen molar-refractivity contribution in [3.8, 4) is 0 Å². The Morgan fingerprint density at radius 2 is 1.18 bits per heavy atom. The molecule has 0 amide bonds. The number of nitrogens with zero attached hydrogens (tertiary/aromatic N) is 3. The van der Waals surface area contributed by atoms with Gasteiger partial charge in [0.05, 0.1) is 6.42 Å². The minimum atomic E-state index is -0.151. The fourth-order valence-electron chi connectivity index (χ4n) is 4.76. The van der Waals surface area contributed by atoms with Gasteiger partial charge in [0.25, 0.3) is 5.91 Å². The summed E-state index contributed by atoms with van der Waals surface area (Å²) in [5, 5.41) is 15.9. The number of hydrogen-bond donors (Lipinski definition) is 2. The molecule has 6 nitrogen and oxygen atoms in total. The molecule has 6 aromatic rings. The highest BCUT2D eigenvalue weighted by Crippen LogP contribution is 2.22. The third kappa shape index (κ3) is 4.97. The highest BCUT2D eigenvalue weighted by Gasteiger charge is 2.17. The number of fused-ring (bicyclic) bond motifs is 2. The number of nitrogens with one attached hydrogen (secondary N) is 2. The van der Waals surface area contributed by atoms with Crippen LogP contribution in [0.15, 0.2) is 115 Å². The highest BCUT2D eigenvalue weighted by atomic mass is 16.2. The van der Waals surface area contributed by atoms with Crippen LogP contribution in [0.2, 0.25) is 0 Å². The molecule has 0 unspecified atom stereocenters. The van der Waals surface area contributed by atoms with Crippen LogP contribution < -0.4 is 10.6 Å². The first kappa shape index (κ1) is 23.4. The van der Waals surface area contributed by atoms with Gasteiger partial charge in [-0.05, 0) is 38.2 Å². The van der Waals surface area contributed by atoms with Crippen molar-refractivity contribution in [2.24, 2.45) is 0 Å². The standard InChI is InChI=1S/C32H27N5O/c38-30(20-23-10-2-1-3-11-23)37-32(34-22-27-17-9-15-25-13-5-7-19-29(25)27)35-31(36-37)33-21-26-16-8-14-24-12-4-6-18-28(24)26/h1-19H,20-22H2,(H2,33,34,35,36). The molecule has 186 valence electrons. The monoisotopic (exact) mass is 497 g/mol. The van der Waals surface area contributed by atoms with Gasteiger partial charge in [-0.1, -0.05) is 115 Å². The molecule has 5 aromatic carbocycles. The molecule has 1 aromatic heterocycles. The second kappa shape index (κ2) is 10.6. The van der Waals surface area contributed by atoms with Gasteiger partial charge < -0.3 is 10.6 Å². The van der Waals surface area contributed by atoms with E-state index in [2.05, 4.69) is 69.2 Å². The zero-order valence-electron chi connectivity index (χ0n) is 20.8. The van der Waals surface area contributed by atoms with Gasteiger partial charge in [0.1, 0.15) is 0 Å². The Bertz CT molecular complexity index is 1710. The van der Waals surface area contributed by atoms with Crippen LogP contribution in [0, 0.1) is 0 Å². The smallest absolute Gasteiger partial charge is 0.254 e. The molecule has 0 spiro atoms. The predicted octanol–water partition coefficient (Wildman–Crippen LogP) is 6.69. The molecule has 0 radical (unpaired) electrons. The molecule has 1 heterocycles. The number of carbonyl (C=O) groups is 1. The van der Waals surface area contributed by atoms with Gasteiger partial charge in [-0.2, -0.15) is 9.67 Å². The maximum Gasteiger partial charge on any atom is 0.254 e. The molecule has 6 heteroatoms. The second-order valence-corrected chi connectivity index (χ2v) is 9.21. The predicted molar refractivity (Wildman–Crippen MR) is 153 cm³/mol. The van der Waals surface area contributed by atoms with Crippen molar-refractivity contribution in [1.82, 2.24) is 14.8 Å². The van der Waals surface area contributed by atoms with E-state index < -0.39 is 0 Å². The largest absolute Gasteiger partial charge is 0.350 e. The van der Waals surface area contributed by atoms with Crippen molar-refractivity contribution in [3.05, 3.63) is 132 Å². The fourth-order valence-corrected chi connectivity index (χ4v) is 4.76. The van der Waals surface area contributed by atoms with E-state index in [-0.39, 0.29) is 12.3 Å². The quantitative estimate of drug-likeness (QED) is 0.245. The van der Waals surface area contributed by atoms with E-state index >= 15 is 0 Å². The summed E-state index contributed by atoms with van der Waals surface area (Å²) in [6.07, 6.45) is 0.232. The number of carbonyl (C=O) groups excluding carboxylic acids is 1. The van der Waals surface area contributed by atoms with E-state index in [9.17, 15) is 4.79 Å². The van der Waals surface area contributed by atoms with Crippen LogP contribution in [-0.4, -0.2) is 20.7 Å². The zero-order valence-corrected chi connectivity index (χ0v) is 20.8. The van der Waals surface area contributed by atoms with Gasteiger partial charge in [0, 0.05) is 13.1 Å². The van der Waals surface area contributed by atoms with Gasteiger partial charge >= 0.3 is 0 Å². The molecular formula is C32H27N5O. The van der Waals surface area contributed by atoms with Gasteiger partial charge in [-0.25, -0.2) is 0 Å². The normalized spacial score (nSPS) is 11.1. The summed E-state index contributed by atoms with van der Waals surface area (Å²) in [5.41, 5.74) is 3.19. The van der Waals surface area contributed by atoms with Crippen molar-refractivity contribution in [2.75, 3.05) is 10.6 Å². The Hall–Kier alpha value is -4.97. The Morgan fingerprint density at radius 1 is 0.632 bits per heavy atom. The zero-order chi connectivity index (χ0) is 25.7. The average Bonchev–Trinajstić information content (AvgIpc) is 3.38. The first-order valence-corrected chi connectivity index (χ1v) is 12.7. The number of aromatic nitrogens is 3. The summed E-state index contributed by atoms with van der Waals surface area (Å²) < 4.78 is 1.38. The lowest BCUT2D eigenvalue weighted by Crippen LogP contribution is -2.18. The lowest BCUT2D eigenvalue weighted by atomic mass is 10.0. The molecule has 2 N–H and O–H groups in total. The highest BCUT2D eigenvalue weighted by molar-refractivity contribution is 5.87. The molecule has 6 rings (SSSR count). The summed E-state index contributed by atoms with van der Waals surface area (Å²) in [6.45, 7) is 1.06. The molecule has 0 fully saturated rings. The summed E-state index contributed by atoms with van der Waals surface area (Å²) >= 11 is 0. The molecule has 0 bridgehead atoms. The van der Waals surface area contributed by atoms with Crippen molar-refractivity contribution in [2.45, 2.75) is 19.5 Å². The van der Waals surface area contributed by atoms with Crippen molar-refractivity contribution in [1.29, 1.82) is 0 Å². The Balaban J connectivity index is 1.27. The lowest BCUT2D eigenvalue weighted by molar-refractivity contribution is 0.0901. The molecule has 0 saturated carbocycles. The summed E-state index contributed by atoms with van der Waals surface area (Å²) in [6, 6.07) is 38.7. The van der Waals surface area contributed by atoms with Crippen molar-refractivity contribution >= 4 is 39.3 Å². The van der Waals surface area contributed by atoms with Crippen LogP contribution in [0.5, 0.6) is 0 Å². The first-order chi connectivity index (χ1) is 18.7. The van der Waals surface area contributed by atoms with Gasteiger partial charge in [-0.3, -0.25) is 4.79 Å². The first-order valence-electron chi connectivity index (χ1n) is 12.7. The lowest BCUT2D eigenvalue weighted by Gasteiger charge is -2.09. The van der Waals surface area contributed by atoms with Crippen LogP contribution in [-0.2, 0) is 19.5 Å². The van der Waals surface area contributed by atoms with E-state index in [1.165, 1.54) is 26.2 Å². The van der Waals surface area contributed by atoms with E-state index in [0.29, 0.717) is 25.0 Å². The van der Waals surface area contributed by atoms with Gasteiger partial charge in [-0.15, -0.1) is 5.10 Å². The van der Waals surface area contributed by atoms with Crippen LogP contribution in [0.25, 0.3) is 21.5 Å². The Labute approximate surface area is 221 Å². The average molecular weight is 498 g/mol. The number of rotatable bonds is 8. The maximum absolute atomic E-state index is 13.3. The number of anilines is 2. The van der Waals surface area contributed by atoms with Crippen LogP contribution in [0.3, 0.4) is 0 Å². The molecule has 0 atom stereocenters. The SMILES string of the molecule is O=C(Cc1ccccc1)n1nc(NCc2cccc3ccccc23)nc1NCc1cccc2ccccc12. The van der Waals surface area contributed by atoms with Crippen LogP contribution in [0.4, 0.5) is 11.9 Å². The molecular weight excluding hydrogens is 470 g/mol. The minimum Gasteiger partial charge on any atom is -0.350 e. The Morgan fingerprint density at radius 3 is 1.84 bits per heavy atom. The van der Waals surface area contributed by atoms with Crippen LogP contribution in [0.1, 0.15) is 21.5 Å². The second-order valence-electron chi connectivity index (χ2n) is 9.21. The van der Waals surface area contributed by atoms with E-state index in [1.807, 2.05) is 66.7 Å². The van der Waals surface area contributed by atoms with Crippen molar-refractivity contribution in [3.63, 3.8) is 0 Å². The van der Waals surface area contributed by atoms with E-state index in [1.54, 1.807) is 0 Å². The van der Waals surface area contributed by atoms with Gasteiger partial charge in [0.2, 0.25) is 11.9 Å². The van der Waals surface area contributed by atoms with E-state index in [0.717, 1.165) is 16.7 Å². The molecule has 0 aliphatic heterocycles. The molecule has 0 saturated heterocycles. The third-order valence-electron chi connectivity index (χ3n) is 6.68. The van der Waals surface area contributed by atoms with Crippen LogP contribution >= 0.6 is 0 Å². The molecule has 0 aliphatic rings. The third-order valence-corrected chi connectivity index (χ3v) is 6.68. The molecule has 38 heavy (non-hydrogen) atoms. The minimum absolute atomic E-state index is 0.151.